The predicted molar refractivity (Wildman–Crippen MR) is 87.6 cm³/mol. The number of carbonyl (C=O) groups excluding carboxylic acids is 3. The Balaban J connectivity index is 1.79. The number of pyridine rings is 1. The number of benzene rings is 1. The number of rotatable bonds is 2. The molecular weight excluding hydrogens is 342 g/mol. The van der Waals surface area contributed by atoms with Gasteiger partial charge in [-0.05, 0) is 18.6 Å². The summed E-state index contributed by atoms with van der Waals surface area (Å²) in [4.78, 5) is 63.7. The van der Waals surface area contributed by atoms with Crippen LogP contribution in [-0.4, -0.2) is 44.7 Å². The lowest BCUT2D eigenvalue weighted by atomic mass is 10.0. The van der Waals surface area contributed by atoms with Gasteiger partial charge in [-0.1, -0.05) is 0 Å². The third-order valence-electron chi connectivity index (χ3n) is 4.80. The van der Waals surface area contributed by atoms with Gasteiger partial charge in [0.25, 0.3) is 5.91 Å². The van der Waals surface area contributed by atoms with Crippen LogP contribution in [0.4, 0.5) is 0 Å². The SMILES string of the molecule is O=C1CCC(N2Cc3c(ccc4c(=O)c(C(=O)O)c[nH]c34)C2=O)C(=O)N1. The molecule has 1 fully saturated rings. The van der Waals surface area contributed by atoms with Crippen LogP contribution >= 0.6 is 0 Å². The Bertz CT molecular complexity index is 1070. The summed E-state index contributed by atoms with van der Waals surface area (Å²) in [7, 11) is 0. The van der Waals surface area contributed by atoms with Gasteiger partial charge in [-0.15, -0.1) is 0 Å². The first-order valence-corrected chi connectivity index (χ1v) is 7.93. The Kier molecular flexibility index (Phi) is 3.39. The van der Waals surface area contributed by atoms with E-state index < -0.39 is 23.3 Å². The lowest BCUT2D eigenvalue weighted by Gasteiger charge is -2.29. The molecule has 0 aliphatic carbocycles. The highest BCUT2D eigenvalue weighted by molar-refractivity contribution is 6.08. The maximum Gasteiger partial charge on any atom is 0.341 e. The molecule has 3 amide bonds. The van der Waals surface area contributed by atoms with Crippen molar-refractivity contribution in [2.24, 2.45) is 0 Å². The van der Waals surface area contributed by atoms with Crippen molar-refractivity contribution in [1.29, 1.82) is 0 Å². The van der Waals surface area contributed by atoms with Crippen molar-refractivity contribution >= 4 is 34.6 Å². The van der Waals surface area contributed by atoms with E-state index in [-0.39, 0.29) is 42.2 Å². The molecule has 132 valence electrons. The van der Waals surface area contributed by atoms with Gasteiger partial charge in [0, 0.05) is 35.7 Å². The van der Waals surface area contributed by atoms with Crippen molar-refractivity contribution in [3.05, 3.63) is 45.2 Å². The van der Waals surface area contributed by atoms with Crippen molar-refractivity contribution in [2.75, 3.05) is 0 Å². The second kappa shape index (κ2) is 5.51. The van der Waals surface area contributed by atoms with Crippen molar-refractivity contribution in [3.63, 3.8) is 0 Å². The molecule has 1 saturated heterocycles. The number of imide groups is 1. The molecule has 1 aromatic carbocycles. The number of aromatic carboxylic acids is 1. The molecule has 26 heavy (non-hydrogen) atoms. The summed E-state index contributed by atoms with van der Waals surface area (Å²) in [5.41, 5.74) is 0.234. The van der Waals surface area contributed by atoms with Gasteiger partial charge < -0.3 is 15.0 Å². The van der Waals surface area contributed by atoms with Gasteiger partial charge in [-0.25, -0.2) is 4.79 Å². The van der Waals surface area contributed by atoms with E-state index in [0.717, 1.165) is 6.20 Å². The third-order valence-corrected chi connectivity index (χ3v) is 4.80. The Hall–Kier alpha value is -3.49. The average molecular weight is 355 g/mol. The number of carboxylic acid groups (broad SMARTS) is 1. The smallest absolute Gasteiger partial charge is 0.341 e. The van der Waals surface area contributed by atoms with Gasteiger partial charge in [0.2, 0.25) is 17.2 Å². The van der Waals surface area contributed by atoms with Crippen LogP contribution in [-0.2, 0) is 16.1 Å². The van der Waals surface area contributed by atoms with E-state index >= 15 is 0 Å². The van der Waals surface area contributed by atoms with Crippen LogP contribution in [0.1, 0.15) is 39.1 Å². The van der Waals surface area contributed by atoms with E-state index in [1.54, 1.807) is 0 Å². The first-order chi connectivity index (χ1) is 12.4. The van der Waals surface area contributed by atoms with Crippen molar-refractivity contribution < 1.29 is 24.3 Å². The third kappa shape index (κ3) is 2.20. The Morgan fingerprint density at radius 2 is 1.96 bits per heavy atom. The summed E-state index contributed by atoms with van der Waals surface area (Å²) in [5, 5.41) is 11.5. The highest BCUT2D eigenvalue weighted by Crippen LogP contribution is 2.31. The Morgan fingerprint density at radius 3 is 2.65 bits per heavy atom. The van der Waals surface area contributed by atoms with E-state index in [2.05, 4.69) is 10.3 Å². The van der Waals surface area contributed by atoms with Crippen molar-refractivity contribution in [1.82, 2.24) is 15.2 Å². The van der Waals surface area contributed by atoms with Crippen LogP contribution in [0.5, 0.6) is 0 Å². The molecule has 4 rings (SSSR count). The molecule has 0 bridgehead atoms. The van der Waals surface area contributed by atoms with Crippen LogP contribution in [0.25, 0.3) is 10.9 Å². The summed E-state index contributed by atoms with van der Waals surface area (Å²) < 4.78 is 0. The quantitative estimate of drug-likeness (QED) is 0.648. The number of aromatic nitrogens is 1. The highest BCUT2D eigenvalue weighted by atomic mass is 16.4. The van der Waals surface area contributed by atoms with E-state index in [1.807, 2.05) is 0 Å². The molecule has 9 nitrogen and oxygen atoms in total. The van der Waals surface area contributed by atoms with Crippen LogP contribution in [0.15, 0.2) is 23.1 Å². The lowest BCUT2D eigenvalue weighted by Crippen LogP contribution is -2.52. The minimum atomic E-state index is -1.34. The van der Waals surface area contributed by atoms with Gasteiger partial charge in [0.05, 0.1) is 5.52 Å². The average Bonchev–Trinajstić information content (AvgIpc) is 2.92. The Morgan fingerprint density at radius 1 is 1.19 bits per heavy atom. The number of hydrogen-bond donors (Lipinski definition) is 3. The van der Waals surface area contributed by atoms with Crippen LogP contribution in [0, 0.1) is 0 Å². The van der Waals surface area contributed by atoms with E-state index in [1.165, 1.54) is 17.0 Å². The number of fused-ring (bicyclic) bond motifs is 3. The predicted octanol–water partition coefficient (Wildman–Crippen LogP) is -0.0127. The fourth-order valence-corrected chi connectivity index (χ4v) is 3.51. The first kappa shape index (κ1) is 16.0. The largest absolute Gasteiger partial charge is 0.477 e. The minimum absolute atomic E-state index is 0.0974. The number of aromatic amines is 1. The summed E-state index contributed by atoms with van der Waals surface area (Å²) >= 11 is 0. The maximum atomic E-state index is 12.7. The van der Waals surface area contributed by atoms with Crippen molar-refractivity contribution in [2.45, 2.75) is 25.4 Å². The van der Waals surface area contributed by atoms with Crippen LogP contribution in [0.2, 0.25) is 0 Å². The van der Waals surface area contributed by atoms with E-state index in [4.69, 9.17) is 5.11 Å². The number of H-pyrrole nitrogens is 1. The maximum absolute atomic E-state index is 12.7. The molecule has 1 unspecified atom stereocenters. The van der Waals surface area contributed by atoms with Crippen molar-refractivity contribution in [3.8, 4) is 0 Å². The number of nitrogens with zero attached hydrogens (tertiary/aromatic N) is 1. The zero-order valence-electron chi connectivity index (χ0n) is 13.4. The second-order valence-electron chi connectivity index (χ2n) is 6.25. The molecule has 9 heteroatoms. The molecule has 0 spiro atoms. The molecule has 2 aliphatic rings. The molecule has 0 radical (unpaired) electrons. The van der Waals surface area contributed by atoms with E-state index in [0.29, 0.717) is 16.6 Å². The summed E-state index contributed by atoms with van der Waals surface area (Å²) in [5.74, 6) is -2.59. The van der Waals surface area contributed by atoms with Gasteiger partial charge in [0.15, 0.2) is 0 Å². The van der Waals surface area contributed by atoms with Gasteiger partial charge in [0.1, 0.15) is 11.6 Å². The molecule has 3 N–H and O–H groups in total. The molecular formula is C17H13N3O6. The standard InChI is InChI=1S/C17H13N3O6/c21-12-4-3-11(15(23)19-12)20-6-10-7(16(20)24)1-2-8-13(10)18-5-9(14(8)22)17(25)26/h1-2,5,11H,3-4,6H2,(H,18,22)(H,25,26)(H,19,21,23). The summed E-state index contributed by atoms with van der Waals surface area (Å²) in [6.07, 6.45) is 1.49. The van der Waals surface area contributed by atoms with Crippen LogP contribution < -0.4 is 10.7 Å². The number of piperidine rings is 1. The fourth-order valence-electron chi connectivity index (χ4n) is 3.51. The molecule has 1 aromatic heterocycles. The summed E-state index contributed by atoms with van der Waals surface area (Å²) in [6, 6.07) is 2.12. The number of amides is 3. The normalized spacial score (nSPS) is 19.6. The monoisotopic (exact) mass is 355 g/mol. The number of carboxylic acids is 1. The first-order valence-electron chi connectivity index (χ1n) is 7.93. The molecule has 0 saturated carbocycles. The van der Waals surface area contributed by atoms with Gasteiger partial charge >= 0.3 is 5.97 Å². The van der Waals surface area contributed by atoms with Gasteiger partial charge in [-0.3, -0.25) is 24.5 Å². The zero-order valence-corrected chi connectivity index (χ0v) is 13.4. The molecule has 1 atom stereocenters. The lowest BCUT2D eigenvalue weighted by molar-refractivity contribution is -0.136. The second-order valence-corrected chi connectivity index (χ2v) is 6.25. The van der Waals surface area contributed by atoms with Crippen LogP contribution in [0.3, 0.4) is 0 Å². The molecule has 2 aliphatic heterocycles. The zero-order chi connectivity index (χ0) is 18.6. The van der Waals surface area contributed by atoms with Gasteiger partial charge in [-0.2, -0.15) is 0 Å². The molecule has 3 heterocycles. The molecule has 2 aromatic rings. The summed E-state index contributed by atoms with van der Waals surface area (Å²) in [6.45, 7) is 0.0974. The minimum Gasteiger partial charge on any atom is -0.477 e. The number of nitrogens with one attached hydrogen (secondary N) is 2. The Labute approximate surface area is 145 Å². The topological polar surface area (TPSA) is 137 Å². The van der Waals surface area contributed by atoms with E-state index in [9.17, 15) is 24.0 Å². The number of hydrogen-bond acceptors (Lipinski definition) is 5. The highest BCUT2D eigenvalue weighted by Gasteiger charge is 2.39. The fraction of sp³-hybridized carbons (Fsp3) is 0.235. The number of carbonyl (C=O) groups is 4.